The minimum Gasteiger partial charge on any atom is -0.447 e. The Morgan fingerprint density at radius 1 is 1.18 bits per heavy atom. The molecule has 1 aromatic heterocycles. The Hall–Kier alpha value is -3.19. The fourth-order valence-electron chi connectivity index (χ4n) is 4.59. The van der Waals surface area contributed by atoms with Gasteiger partial charge in [0.2, 0.25) is 5.91 Å². The van der Waals surface area contributed by atoms with E-state index in [1.165, 1.54) is 4.90 Å². The van der Waals surface area contributed by atoms with Gasteiger partial charge >= 0.3 is 6.09 Å². The first-order valence-corrected chi connectivity index (χ1v) is 11.9. The van der Waals surface area contributed by atoms with Gasteiger partial charge in [0.25, 0.3) is 0 Å². The third-order valence-electron chi connectivity index (χ3n) is 6.52. The number of cyclic esters (lactones) is 1. The van der Waals surface area contributed by atoms with E-state index in [4.69, 9.17) is 9.47 Å². The van der Waals surface area contributed by atoms with Crippen LogP contribution in [0.15, 0.2) is 54.7 Å². The maximum Gasteiger partial charge on any atom is 0.416 e. The number of amides is 2. The van der Waals surface area contributed by atoms with Crippen LogP contribution in [0.25, 0.3) is 10.9 Å². The Kier molecular flexibility index (Phi) is 7.63. The van der Waals surface area contributed by atoms with Gasteiger partial charge in [-0.15, -0.1) is 0 Å². The maximum absolute atomic E-state index is 13.7. The molecule has 2 amide bonds. The van der Waals surface area contributed by atoms with Gasteiger partial charge in [-0.1, -0.05) is 56.3 Å². The summed E-state index contributed by atoms with van der Waals surface area (Å²) in [6.45, 7) is 5.75. The monoisotopic (exact) mass is 463 g/mol. The molecule has 1 aliphatic heterocycles. The van der Waals surface area contributed by atoms with Crippen LogP contribution < -0.4 is 0 Å². The zero-order valence-corrected chi connectivity index (χ0v) is 20.1. The highest BCUT2D eigenvalue weighted by Gasteiger charge is 2.41. The molecule has 4 rings (SSSR count). The number of hydrogen-bond acceptors (Lipinski definition) is 5. The predicted octanol–water partition coefficient (Wildman–Crippen LogP) is 4.48. The highest BCUT2D eigenvalue weighted by molar-refractivity contribution is 5.95. The second-order valence-corrected chi connectivity index (χ2v) is 9.29. The number of ether oxygens (including phenoxy) is 2. The van der Waals surface area contributed by atoms with Crippen molar-refractivity contribution in [1.29, 1.82) is 0 Å². The molecule has 2 aromatic carbocycles. The quantitative estimate of drug-likeness (QED) is 0.415. The van der Waals surface area contributed by atoms with Crippen LogP contribution in [-0.4, -0.2) is 53.0 Å². The van der Waals surface area contributed by atoms with Crippen LogP contribution in [-0.2, 0) is 33.7 Å². The molecule has 0 saturated carbocycles. The van der Waals surface area contributed by atoms with Crippen molar-refractivity contribution >= 4 is 22.9 Å². The van der Waals surface area contributed by atoms with E-state index in [1.807, 2.05) is 55.1 Å². The Morgan fingerprint density at radius 2 is 1.97 bits per heavy atom. The summed E-state index contributed by atoms with van der Waals surface area (Å²) in [7, 11) is 1.70. The summed E-state index contributed by atoms with van der Waals surface area (Å²) in [6, 6.07) is 15.8. The minimum atomic E-state index is -0.539. The van der Waals surface area contributed by atoms with Crippen LogP contribution in [0.2, 0.25) is 0 Å². The van der Waals surface area contributed by atoms with E-state index in [0.717, 1.165) is 35.0 Å². The molecule has 1 fully saturated rings. The van der Waals surface area contributed by atoms with E-state index in [1.54, 1.807) is 7.11 Å². The summed E-state index contributed by atoms with van der Waals surface area (Å²) in [6.07, 6.45) is 3.35. The van der Waals surface area contributed by atoms with Crippen molar-refractivity contribution < 1.29 is 19.1 Å². The fourth-order valence-corrected chi connectivity index (χ4v) is 4.59. The lowest BCUT2D eigenvalue weighted by atomic mass is 9.87. The molecule has 2 atom stereocenters. The van der Waals surface area contributed by atoms with Crippen molar-refractivity contribution in [3.8, 4) is 0 Å². The van der Waals surface area contributed by atoms with Gasteiger partial charge in [-0.3, -0.25) is 9.48 Å². The van der Waals surface area contributed by atoms with Crippen LogP contribution in [0, 0.1) is 11.8 Å². The number of imide groups is 1. The average molecular weight is 464 g/mol. The van der Waals surface area contributed by atoms with Gasteiger partial charge in [0.1, 0.15) is 6.61 Å². The summed E-state index contributed by atoms with van der Waals surface area (Å²) in [5.74, 6) is -0.418. The normalized spacial score (nSPS) is 16.9. The Morgan fingerprint density at radius 3 is 2.71 bits per heavy atom. The van der Waals surface area contributed by atoms with Crippen molar-refractivity contribution in [2.75, 3.05) is 20.3 Å². The summed E-state index contributed by atoms with van der Waals surface area (Å²) in [4.78, 5) is 27.6. The third-order valence-corrected chi connectivity index (χ3v) is 6.52. The summed E-state index contributed by atoms with van der Waals surface area (Å²) in [5, 5.41) is 5.57. The SMILES string of the molecule is COCCCn1ncc2ccc(C[C@@H](C(=O)N3C(=O)OC[C@H]3Cc3ccccc3)C(C)C)cc21. The van der Waals surface area contributed by atoms with Gasteiger partial charge in [-0.2, -0.15) is 5.10 Å². The lowest BCUT2D eigenvalue weighted by Crippen LogP contribution is -2.45. The lowest BCUT2D eigenvalue weighted by molar-refractivity contribution is -0.134. The van der Waals surface area contributed by atoms with Crippen LogP contribution in [0.5, 0.6) is 0 Å². The van der Waals surface area contributed by atoms with Crippen molar-refractivity contribution in [2.24, 2.45) is 11.8 Å². The molecule has 0 aliphatic carbocycles. The molecule has 34 heavy (non-hydrogen) atoms. The van der Waals surface area contributed by atoms with Crippen molar-refractivity contribution in [2.45, 2.75) is 45.7 Å². The maximum atomic E-state index is 13.7. The number of aryl methyl sites for hydroxylation is 1. The summed E-state index contributed by atoms with van der Waals surface area (Å²) in [5.41, 5.74) is 3.18. The van der Waals surface area contributed by atoms with Gasteiger partial charge in [0.05, 0.1) is 17.8 Å². The van der Waals surface area contributed by atoms with Crippen molar-refractivity contribution in [1.82, 2.24) is 14.7 Å². The van der Waals surface area contributed by atoms with Crippen LogP contribution in [0.3, 0.4) is 0 Å². The fraction of sp³-hybridized carbons (Fsp3) is 0.444. The van der Waals surface area contributed by atoms with E-state index in [0.29, 0.717) is 19.4 Å². The molecule has 0 spiro atoms. The number of aromatic nitrogens is 2. The van der Waals surface area contributed by atoms with Gasteiger partial charge in [-0.25, -0.2) is 9.69 Å². The largest absolute Gasteiger partial charge is 0.447 e. The van der Waals surface area contributed by atoms with Gasteiger partial charge in [0.15, 0.2) is 0 Å². The van der Waals surface area contributed by atoms with E-state index >= 15 is 0 Å². The smallest absolute Gasteiger partial charge is 0.416 e. The molecule has 0 N–H and O–H groups in total. The van der Waals surface area contributed by atoms with E-state index in [-0.39, 0.29) is 30.4 Å². The molecule has 1 saturated heterocycles. The number of benzene rings is 2. The first-order chi connectivity index (χ1) is 16.5. The molecule has 7 heteroatoms. The van der Waals surface area contributed by atoms with Crippen LogP contribution >= 0.6 is 0 Å². The van der Waals surface area contributed by atoms with Crippen LogP contribution in [0.4, 0.5) is 4.79 Å². The number of rotatable bonds is 10. The molecule has 180 valence electrons. The molecular formula is C27H33N3O4. The molecule has 0 radical (unpaired) electrons. The Labute approximate surface area is 200 Å². The van der Waals surface area contributed by atoms with Crippen molar-refractivity contribution in [3.05, 3.63) is 65.9 Å². The number of carbonyl (C=O) groups excluding carboxylic acids is 2. The van der Waals surface area contributed by atoms with Gasteiger partial charge in [-0.05, 0) is 42.4 Å². The summed E-state index contributed by atoms with van der Waals surface area (Å²) >= 11 is 0. The zero-order chi connectivity index (χ0) is 24.1. The lowest BCUT2D eigenvalue weighted by Gasteiger charge is -2.27. The highest BCUT2D eigenvalue weighted by Crippen LogP contribution is 2.27. The predicted molar refractivity (Wildman–Crippen MR) is 130 cm³/mol. The first kappa shape index (κ1) is 24.0. The average Bonchev–Trinajstić information content (AvgIpc) is 3.40. The molecule has 3 aromatic rings. The van der Waals surface area contributed by atoms with E-state index < -0.39 is 6.09 Å². The number of nitrogens with zero attached hydrogens (tertiary/aromatic N) is 3. The Balaban J connectivity index is 1.53. The van der Waals surface area contributed by atoms with E-state index in [2.05, 4.69) is 23.3 Å². The van der Waals surface area contributed by atoms with Crippen molar-refractivity contribution in [3.63, 3.8) is 0 Å². The van der Waals surface area contributed by atoms with Gasteiger partial charge < -0.3 is 9.47 Å². The van der Waals surface area contributed by atoms with Crippen LogP contribution in [0.1, 0.15) is 31.4 Å². The van der Waals surface area contributed by atoms with E-state index in [9.17, 15) is 9.59 Å². The number of carbonyl (C=O) groups is 2. The molecule has 2 heterocycles. The zero-order valence-electron chi connectivity index (χ0n) is 20.1. The summed E-state index contributed by atoms with van der Waals surface area (Å²) < 4.78 is 12.5. The highest BCUT2D eigenvalue weighted by atomic mass is 16.6. The first-order valence-electron chi connectivity index (χ1n) is 11.9. The molecule has 7 nitrogen and oxygen atoms in total. The molecule has 0 bridgehead atoms. The third kappa shape index (κ3) is 5.30. The minimum absolute atomic E-state index is 0.0700. The topological polar surface area (TPSA) is 73.7 Å². The number of fused-ring (bicyclic) bond motifs is 1. The molecule has 0 unspecified atom stereocenters. The Bertz CT molecular complexity index is 1130. The second kappa shape index (κ2) is 10.8. The molecule has 1 aliphatic rings. The number of methoxy groups -OCH3 is 1. The molecular weight excluding hydrogens is 430 g/mol. The number of hydrogen-bond donors (Lipinski definition) is 0. The van der Waals surface area contributed by atoms with Gasteiger partial charge in [0, 0.05) is 31.6 Å². The second-order valence-electron chi connectivity index (χ2n) is 9.29. The standard InChI is InChI=1S/C27H33N3O4/c1-19(2)24(15-21-10-11-22-17-28-29(25(22)16-21)12-7-13-33-3)26(31)30-23(18-34-27(30)32)14-20-8-5-4-6-9-20/h4-6,8-11,16-17,19,23-24H,7,12-15,18H2,1-3H3/t23-,24-/m1/s1.